The van der Waals surface area contributed by atoms with Gasteiger partial charge in [0.15, 0.2) is 0 Å². The summed E-state index contributed by atoms with van der Waals surface area (Å²) in [5.74, 6) is -1.56. The van der Waals surface area contributed by atoms with Crippen molar-refractivity contribution < 1.29 is 13.6 Å². The standard InChI is InChI=1S/C21H21F2N3O/c1-4-20-18(12-24-26(20)17-9-5-14(2)6-10-17)21(27)25(3)13-15-7-8-16(22)11-19(15)23/h5-12H,4,13H2,1-3H3. The SMILES string of the molecule is CCc1c(C(=O)N(C)Cc2ccc(F)cc2F)cnn1-c1ccc(C)cc1. The van der Waals surface area contributed by atoms with Crippen molar-refractivity contribution in [1.29, 1.82) is 0 Å². The van der Waals surface area contributed by atoms with Crippen molar-refractivity contribution in [1.82, 2.24) is 14.7 Å². The van der Waals surface area contributed by atoms with Gasteiger partial charge in [-0.15, -0.1) is 0 Å². The molecule has 0 N–H and O–H groups in total. The summed E-state index contributed by atoms with van der Waals surface area (Å²) in [5.41, 5.74) is 3.54. The van der Waals surface area contributed by atoms with Crippen molar-refractivity contribution in [2.45, 2.75) is 26.8 Å². The minimum absolute atomic E-state index is 0.0454. The molecule has 27 heavy (non-hydrogen) atoms. The van der Waals surface area contributed by atoms with E-state index in [4.69, 9.17) is 0 Å². The summed E-state index contributed by atoms with van der Waals surface area (Å²) < 4.78 is 28.7. The van der Waals surface area contributed by atoms with Crippen molar-refractivity contribution >= 4 is 5.91 Å². The van der Waals surface area contributed by atoms with E-state index in [0.29, 0.717) is 12.0 Å². The smallest absolute Gasteiger partial charge is 0.257 e. The number of carbonyl (C=O) groups is 1. The van der Waals surface area contributed by atoms with Crippen LogP contribution >= 0.6 is 0 Å². The van der Waals surface area contributed by atoms with Crippen LogP contribution in [0.5, 0.6) is 0 Å². The van der Waals surface area contributed by atoms with E-state index >= 15 is 0 Å². The number of amides is 1. The van der Waals surface area contributed by atoms with Crippen LogP contribution in [0.3, 0.4) is 0 Å². The molecule has 6 heteroatoms. The number of halogens is 2. The van der Waals surface area contributed by atoms with Crippen molar-refractivity contribution in [3.05, 3.63) is 82.7 Å². The highest BCUT2D eigenvalue weighted by molar-refractivity contribution is 5.95. The highest BCUT2D eigenvalue weighted by Crippen LogP contribution is 2.19. The number of rotatable bonds is 5. The van der Waals surface area contributed by atoms with Gasteiger partial charge in [0.1, 0.15) is 11.6 Å². The lowest BCUT2D eigenvalue weighted by Crippen LogP contribution is -2.27. The Morgan fingerprint density at radius 1 is 1.15 bits per heavy atom. The van der Waals surface area contributed by atoms with Gasteiger partial charge in [-0.1, -0.05) is 30.7 Å². The lowest BCUT2D eigenvalue weighted by atomic mass is 10.1. The zero-order valence-corrected chi connectivity index (χ0v) is 15.5. The molecule has 0 saturated carbocycles. The average molecular weight is 369 g/mol. The van der Waals surface area contributed by atoms with E-state index in [0.717, 1.165) is 23.0 Å². The Bertz CT molecular complexity index is 964. The summed E-state index contributed by atoms with van der Waals surface area (Å²) >= 11 is 0. The second-order valence-electron chi connectivity index (χ2n) is 6.50. The third-order valence-corrected chi connectivity index (χ3v) is 4.48. The Morgan fingerprint density at radius 2 is 1.85 bits per heavy atom. The van der Waals surface area contributed by atoms with Crippen LogP contribution in [-0.2, 0) is 13.0 Å². The second kappa shape index (κ2) is 7.70. The largest absolute Gasteiger partial charge is 0.337 e. The van der Waals surface area contributed by atoms with Crippen molar-refractivity contribution in [3.63, 3.8) is 0 Å². The Kier molecular flexibility index (Phi) is 5.35. The molecule has 0 bridgehead atoms. The van der Waals surface area contributed by atoms with E-state index in [1.165, 1.54) is 17.0 Å². The molecule has 140 valence electrons. The van der Waals surface area contributed by atoms with Crippen molar-refractivity contribution in [2.75, 3.05) is 7.05 Å². The average Bonchev–Trinajstić information content (AvgIpc) is 3.07. The molecule has 0 fully saturated rings. The van der Waals surface area contributed by atoms with E-state index < -0.39 is 11.6 Å². The summed E-state index contributed by atoms with van der Waals surface area (Å²) in [6.45, 7) is 4.01. The van der Waals surface area contributed by atoms with Gasteiger partial charge < -0.3 is 4.90 Å². The number of benzene rings is 2. The Balaban J connectivity index is 1.87. The van der Waals surface area contributed by atoms with E-state index in [1.54, 1.807) is 17.9 Å². The van der Waals surface area contributed by atoms with Crippen LogP contribution in [0.2, 0.25) is 0 Å². The van der Waals surface area contributed by atoms with Gasteiger partial charge in [0, 0.05) is 25.2 Å². The van der Waals surface area contributed by atoms with Gasteiger partial charge in [-0.2, -0.15) is 5.10 Å². The monoisotopic (exact) mass is 369 g/mol. The van der Waals surface area contributed by atoms with E-state index in [2.05, 4.69) is 5.10 Å². The highest BCUT2D eigenvalue weighted by Gasteiger charge is 2.21. The minimum Gasteiger partial charge on any atom is -0.337 e. The molecular formula is C21H21F2N3O. The summed E-state index contributed by atoms with van der Waals surface area (Å²) in [7, 11) is 1.59. The van der Waals surface area contributed by atoms with Crippen LogP contribution in [0.15, 0.2) is 48.7 Å². The van der Waals surface area contributed by atoms with Gasteiger partial charge in [-0.3, -0.25) is 4.79 Å². The number of nitrogens with zero attached hydrogens (tertiary/aromatic N) is 3. The van der Waals surface area contributed by atoms with Crippen LogP contribution in [-0.4, -0.2) is 27.6 Å². The maximum absolute atomic E-state index is 13.9. The van der Waals surface area contributed by atoms with Gasteiger partial charge in [-0.05, 0) is 31.5 Å². The molecule has 3 aromatic rings. The molecule has 4 nitrogen and oxygen atoms in total. The number of hydrogen-bond acceptors (Lipinski definition) is 2. The van der Waals surface area contributed by atoms with Crippen LogP contribution < -0.4 is 0 Å². The normalized spacial score (nSPS) is 10.9. The quantitative estimate of drug-likeness (QED) is 0.673. The van der Waals surface area contributed by atoms with Gasteiger partial charge >= 0.3 is 0 Å². The molecule has 0 saturated heterocycles. The molecule has 0 radical (unpaired) electrons. The minimum atomic E-state index is -0.666. The Labute approximate surface area is 157 Å². The fourth-order valence-corrected chi connectivity index (χ4v) is 2.98. The first kappa shape index (κ1) is 18.8. The maximum atomic E-state index is 13.9. The van der Waals surface area contributed by atoms with Crippen LogP contribution in [0.1, 0.15) is 34.1 Å². The van der Waals surface area contributed by atoms with E-state index in [1.807, 2.05) is 38.1 Å². The van der Waals surface area contributed by atoms with E-state index in [-0.39, 0.29) is 18.0 Å². The second-order valence-corrected chi connectivity index (χ2v) is 6.50. The van der Waals surface area contributed by atoms with Crippen LogP contribution in [0.25, 0.3) is 5.69 Å². The molecule has 0 spiro atoms. The molecule has 2 aromatic carbocycles. The predicted octanol–water partition coefficient (Wildman–Crippen LogP) is 4.29. The molecule has 0 aliphatic heterocycles. The Hall–Kier alpha value is -3.02. The molecule has 0 atom stereocenters. The van der Waals surface area contributed by atoms with Gasteiger partial charge in [0.25, 0.3) is 5.91 Å². The van der Waals surface area contributed by atoms with Gasteiger partial charge in [-0.25, -0.2) is 13.5 Å². The Morgan fingerprint density at radius 3 is 2.48 bits per heavy atom. The lowest BCUT2D eigenvalue weighted by Gasteiger charge is -2.18. The first-order valence-electron chi connectivity index (χ1n) is 8.74. The molecule has 1 amide bonds. The maximum Gasteiger partial charge on any atom is 0.257 e. The van der Waals surface area contributed by atoms with Crippen LogP contribution in [0, 0.1) is 18.6 Å². The van der Waals surface area contributed by atoms with E-state index in [9.17, 15) is 13.6 Å². The van der Waals surface area contributed by atoms with Gasteiger partial charge in [0.05, 0.1) is 23.1 Å². The number of hydrogen-bond donors (Lipinski definition) is 0. The molecule has 0 aliphatic rings. The fourth-order valence-electron chi connectivity index (χ4n) is 2.98. The fraction of sp³-hybridized carbons (Fsp3) is 0.238. The molecule has 3 rings (SSSR count). The van der Waals surface area contributed by atoms with Crippen LogP contribution in [0.4, 0.5) is 8.78 Å². The third-order valence-electron chi connectivity index (χ3n) is 4.48. The zero-order valence-electron chi connectivity index (χ0n) is 15.5. The zero-order chi connectivity index (χ0) is 19.6. The van der Waals surface area contributed by atoms with Crippen molar-refractivity contribution in [2.24, 2.45) is 0 Å². The third kappa shape index (κ3) is 3.89. The van der Waals surface area contributed by atoms with Crippen molar-refractivity contribution in [3.8, 4) is 5.69 Å². The summed E-state index contributed by atoms with van der Waals surface area (Å²) in [4.78, 5) is 14.3. The molecule has 1 aromatic heterocycles. The predicted molar refractivity (Wildman–Crippen MR) is 99.8 cm³/mol. The first-order chi connectivity index (χ1) is 12.9. The summed E-state index contributed by atoms with van der Waals surface area (Å²) in [6.07, 6.45) is 2.16. The lowest BCUT2D eigenvalue weighted by molar-refractivity contribution is 0.0782. The molecule has 0 unspecified atom stereocenters. The first-order valence-corrected chi connectivity index (χ1v) is 8.74. The number of aromatic nitrogens is 2. The number of aryl methyl sites for hydroxylation is 1. The molecule has 0 aliphatic carbocycles. The highest BCUT2D eigenvalue weighted by atomic mass is 19.1. The summed E-state index contributed by atoms with van der Waals surface area (Å²) in [5, 5.41) is 4.37. The summed E-state index contributed by atoms with van der Waals surface area (Å²) in [6, 6.07) is 11.2. The molecular weight excluding hydrogens is 348 g/mol. The van der Waals surface area contributed by atoms with Gasteiger partial charge in [0.2, 0.25) is 0 Å². The molecule has 1 heterocycles. The topological polar surface area (TPSA) is 38.1 Å². The number of carbonyl (C=O) groups excluding carboxylic acids is 1.